The van der Waals surface area contributed by atoms with Crippen LogP contribution in [-0.2, 0) is 4.79 Å². The lowest BCUT2D eigenvalue weighted by Gasteiger charge is -2.56. The molecule has 2 aliphatic carbocycles. The summed E-state index contributed by atoms with van der Waals surface area (Å²) in [5.41, 5.74) is 1.08. The molecule has 4 bridgehead atoms. The second-order valence-electron chi connectivity index (χ2n) is 10.6. The van der Waals surface area contributed by atoms with E-state index in [0.717, 1.165) is 42.3 Å². The summed E-state index contributed by atoms with van der Waals surface area (Å²) < 4.78 is 0. The Labute approximate surface area is 176 Å². The first-order valence-electron chi connectivity index (χ1n) is 12.2. The molecule has 0 spiro atoms. The molecule has 0 aromatic heterocycles. The minimum atomic E-state index is 0.203. The first-order chi connectivity index (χ1) is 14.1. The highest BCUT2D eigenvalue weighted by atomic mass is 16.2. The van der Waals surface area contributed by atoms with E-state index in [1.54, 1.807) is 6.92 Å². The van der Waals surface area contributed by atoms with Crippen molar-refractivity contribution in [3.05, 3.63) is 30.3 Å². The van der Waals surface area contributed by atoms with Gasteiger partial charge in [0.05, 0.1) is 0 Å². The lowest BCUT2D eigenvalue weighted by Crippen LogP contribution is -2.62. The number of benzene rings is 1. The van der Waals surface area contributed by atoms with Crippen LogP contribution in [0.4, 0.5) is 5.69 Å². The fourth-order valence-corrected chi connectivity index (χ4v) is 7.56. The van der Waals surface area contributed by atoms with Crippen molar-refractivity contribution in [2.75, 3.05) is 4.90 Å². The van der Waals surface area contributed by atoms with Gasteiger partial charge in [-0.2, -0.15) is 0 Å². The van der Waals surface area contributed by atoms with E-state index in [4.69, 9.17) is 0 Å². The molecule has 1 aromatic carbocycles. The number of carbonyl (C=O) groups excluding carboxylic acids is 1. The van der Waals surface area contributed by atoms with E-state index in [9.17, 15) is 4.79 Å². The van der Waals surface area contributed by atoms with Gasteiger partial charge in [0.25, 0.3) is 0 Å². The predicted molar refractivity (Wildman–Crippen MR) is 119 cm³/mol. The van der Waals surface area contributed by atoms with Crippen LogP contribution in [0.2, 0.25) is 0 Å². The Morgan fingerprint density at radius 1 is 0.897 bits per heavy atom. The minimum Gasteiger partial charge on any atom is -0.309 e. The van der Waals surface area contributed by atoms with E-state index < -0.39 is 0 Å². The first kappa shape index (κ1) is 19.6. The first-order valence-corrected chi connectivity index (χ1v) is 12.2. The van der Waals surface area contributed by atoms with Crippen molar-refractivity contribution in [3.63, 3.8) is 0 Å². The van der Waals surface area contributed by atoms with Gasteiger partial charge in [-0.1, -0.05) is 44.4 Å². The Bertz CT molecular complexity index is 705. The van der Waals surface area contributed by atoms with Gasteiger partial charge in [-0.05, 0) is 74.8 Å². The summed E-state index contributed by atoms with van der Waals surface area (Å²) in [6.07, 6.45) is 13.6. The Morgan fingerprint density at radius 3 is 2.31 bits per heavy atom. The maximum atomic E-state index is 12.6. The quantitative estimate of drug-likeness (QED) is 0.662. The Hall–Kier alpha value is -1.35. The second-order valence-corrected chi connectivity index (χ2v) is 10.6. The molecule has 2 aliphatic heterocycles. The van der Waals surface area contributed by atoms with Crippen molar-refractivity contribution in [1.82, 2.24) is 4.90 Å². The van der Waals surface area contributed by atoms with Crippen LogP contribution in [-0.4, -0.2) is 35.0 Å². The number of fused-ring (bicyclic) bond motifs is 4. The summed E-state index contributed by atoms with van der Waals surface area (Å²) in [5, 5.41) is 0. The van der Waals surface area contributed by atoms with Crippen molar-refractivity contribution in [1.29, 1.82) is 0 Å². The van der Waals surface area contributed by atoms with Crippen molar-refractivity contribution < 1.29 is 4.79 Å². The highest BCUT2D eigenvalue weighted by Gasteiger charge is 2.47. The van der Waals surface area contributed by atoms with E-state index >= 15 is 0 Å². The van der Waals surface area contributed by atoms with Gasteiger partial charge in [-0.15, -0.1) is 0 Å². The third-order valence-electron chi connectivity index (χ3n) is 8.82. The third kappa shape index (κ3) is 3.76. The van der Waals surface area contributed by atoms with Crippen LogP contribution in [0, 0.1) is 17.8 Å². The summed E-state index contributed by atoms with van der Waals surface area (Å²) in [6.45, 7) is 4.25. The predicted octanol–water partition coefficient (Wildman–Crippen LogP) is 5.64. The Kier molecular flexibility index (Phi) is 5.45. The highest BCUT2D eigenvalue weighted by Crippen LogP contribution is 2.48. The van der Waals surface area contributed by atoms with E-state index in [1.807, 2.05) is 6.07 Å². The number of hydrogen-bond donors (Lipinski definition) is 0. The molecule has 2 saturated carbocycles. The van der Waals surface area contributed by atoms with Crippen molar-refractivity contribution in [2.45, 2.75) is 102 Å². The smallest absolute Gasteiger partial charge is 0.224 e. The molecular formula is C26H38N2O. The SMILES string of the molecule is CC(=O)N(c1ccccc1)C1CC2CCCC(C1)N2C1CC2CCC(C)C(C2)C1. The summed E-state index contributed by atoms with van der Waals surface area (Å²) in [7, 11) is 0. The molecule has 0 N–H and O–H groups in total. The monoisotopic (exact) mass is 394 g/mol. The fraction of sp³-hybridized carbons (Fsp3) is 0.731. The molecule has 4 aliphatic rings. The van der Waals surface area contributed by atoms with E-state index in [2.05, 4.69) is 41.0 Å². The molecule has 0 radical (unpaired) electrons. The molecule has 2 saturated heterocycles. The largest absolute Gasteiger partial charge is 0.309 e. The van der Waals surface area contributed by atoms with Crippen LogP contribution in [0.1, 0.15) is 78.1 Å². The lowest BCUT2D eigenvalue weighted by molar-refractivity contribution is -0.118. The van der Waals surface area contributed by atoms with Crippen LogP contribution in [0.15, 0.2) is 30.3 Å². The molecule has 1 amide bonds. The van der Waals surface area contributed by atoms with Crippen molar-refractivity contribution >= 4 is 11.6 Å². The van der Waals surface area contributed by atoms with Crippen molar-refractivity contribution in [2.24, 2.45) is 17.8 Å². The van der Waals surface area contributed by atoms with Gasteiger partial charge in [-0.3, -0.25) is 9.69 Å². The standard InChI is InChI=1S/C26H38N2O/c1-18-11-12-20-13-21(18)15-25(14-20)28-23-9-6-10-24(28)17-26(16-23)27(19(2)29)22-7-4-3-5-8-22/h3-5,7-8,18,20-21,23-26H,6,9-17H2,1-2H3. The molecule has 29 heavy (non-hydrogen) atoms. The van der Waals surface area contributed by atoms with Gasteiger partial charge >= 0.3 is 0 Å². The van der Waals surface area contributed by atoms with Crippen LogP contribution in [0.3, 0.4) is 0 Å². The zero-order chi connectivity index (χ0) is 20.0. The summed E-state index contributed by atoms with van der Waals surface area (Å²) in [5.74, 6) is 3.07. The van der Waals surface area contributed by atoms with E-state index in [1.165, 1.54) is 51.4 Å². The van der Waals surface area contributed by atoms with Gasteiger partial charge in [0, 0.05) is 36.8 Å². The van der Waals surface area contributed by atoms with Crippen LogP contribution in [0.25, 0.3) is 0 Å². The molecule has 6 atom stereocenters. The molecule has 4 fully saturated rings. The Balaban J connectivity index is 1.36. The molecule has 5 rings (SSSR count). The number of hydrogen-bond acceptors (Lipinski definition) is 2. The number of amides is 1. The van der Waals surface area contributed by atoms with E-state index in [0.29, 0.717) is 18.1 Å². The lowest BCUT2D eigenvalue weighted by atomic mass is 9.64. The highest BCUT2D eigenvalue weighted by molar-refractivity contribution is 5.92. The van der Waals surface area contributed by atoms with Crippen LogP contribution >= 0.6 is 0 Å². The molecular weight excluding hydrogens is 356 g/mol. The van der Waals surface area contributed by atoms with Crippen LogP contribution in [0.5, 0.6) is 0 Å². The van der Waals surface area contributed by atoms with Gasteiger partial charge < -0.3 is 4.90 Å². The molecule has 3 nitrogen and oxygen atoms in total. The summed E-state index contributed by atoms with van der Waals surface area (Å²) in [6, 6.07) is 12.9. The van der Waals surface area contributed by atoms with E-state index in [-0.39, 0.29) is 5.91 Å². The zero-order valence-electron chi connectivity index (χ0n) is 18.3. The molecule has 2 heterocycles. The number of rotatable bonds is 3. The maximum Gasteiger partial charge on any atom is 0.224 e. The van der Waals surface area contributed by atoms with Crippen molar-refractivity contribution in [3.8, 4) is 0 Å². The number of para-hydroxylation sites is 1. The normalized spacial score (nSPS) is 39.7. The number of piperidine rings is 2. The Morgan fingerprint density at radius 2 is 1.62 bits per heavy atom. The average Bonchev–Trinajstić information content (AvgIpc) is 2.71. The second kappa shape index (κ2) is 8.06. The average molecular weight is 395 g/mol. The zero-order valence-corrected chi connectivity index (χ0v) is 18.3. The van der Waals surface area contributed by atoms with Crippen LogP contribution < -0.4 is 4.90 Å². The van der Waals surface area contributed by atoms with Gasteiger partial charge in [0.2, 0.25) is 5.91 Å². The number of anilines is 1. The minimum absolute atomic E-state index is 0.203. The summed E-state index contributed by atoms with van der Waals surface area (Å²) in [4.78, 5) is 17.7. The third-order valence-corrected chi connectivity index (χ3v) is 8.82. The number of carbonyl (C=O) groups is 1. The fourth-order valence-electron chi connectivity index (χ4n) is 7.56. The van der Waals surface area contributed by atoms with Gasteiger partial charge in [0.15, 0.2) is 0 Å². The maximum absolute atomic E-state index is 12.6. The summed E-state index contributed by atoms with van der Waals surface area (Å²) >= 11 is 0. The molecule has 3 heteroatoms. The molecule has 158 valence electrons. The molecule has 1 aromatic rings. The molecule has 6 unspecified atom stereocenters. The number of nitrogens with zero attached hydrogens (tertiary/aromatic N) is 2. The van der Waals surface area contributed by atoms with Gasteiger partial charge in [0.1, 0.15) is 0 Å². The topological polar surface area (TPSA) is 23.6 Å². The van der Waals surface area contributed by atoms with Gasteiger partial charge in [-0.25, -0.2) is 0 Å².